The molecule has 7 heteroatoms. The summed E-state index contributed by atoms with van der Waals surface area (Å²) in [5, 5.41) is 18.2. The highest BCUT2D eigenvalue weighted by molar-refractivity contribution is 5.99. The van der Waals surface area contributed by atoms with Gasteiger partial charge in [0, 0.05) is 0 Å². The number of halogens is 3. The second kappa shape index (κ2) is 5.58. The van der Waals surface area contributed by atoms with Crippen molar-refractivity contribution in [1.82, 2.24) is 0 Å². The largest absolute Gasteiger partial charge is 0.480 e. The third-order valence-electron chi connectivity index (χ3n) is 3.51. The zero-order chi connectivity index (χ0) is 14.7. The van der Waals surface area contributed by atoms with Gasteiger partial charge < -0.3 is 10.2 Å². The first kappa shape index (κ1) is 16.7. The van der Waals surface area contributed by atoms with Gasteiger partial charge in [-0.1, -0.05) is 33.6 Å². The van der Waals surface area contributed by atoms with E-state index in [1.807, 2.05) is 0 Å². The van der Waals surface area contributed by atoms with E-state index >= 15 is 0 Å². The molecule has 0 aliphatic rings. The Morgan fingerprint density at radius 1 is 1.06 bits per heavy atom. The summed E-state index contributed by atoms with van der Waals surface area (Å²) in [6, 6.07) is 0. The van der Waals surface area contributed by atoms with Crippen molar-refractivity contribution in [2.45, 2.75) is 39.8 Å². The zero-order valence-electron chi connectivity index (χ0n) is 10.4. The monoisotopic (exact) mass is 270 g/mol. The van der Waals surface area contributed by atoms with Crippen LogP contribution in [-0.4, -0.2) is 28.3 Å². The summed E-state index contributed by atoms with van der Waals surface area (Å²) in [5.41, 5.74) is -2.83. The van der Waals surface area contributed by atoms with Crippen molar-refractivity contribution in [3.8, 4) is 0 Å². The molecule has 0 fully saturated rings. The van der Waals surface area contributed by atoms with Crippen LogP contribution in [0.5, 0.6) is 0 Å². The number of hydrogen-bond acceptors (Lipinski definition) is 2. The van der Waals surface area contributed by atoms with E-state index in [0.717, 1.165) is 0 Å². The van der Waals surface area contributed by atoms with Crippen LogP contribution in [0, 0.1) is 17.3 Å². The van der Waals surface area contributed by atoms with Crippen LogP contribution in [0.2, 0.25) is 0 Å². The molecule has 4 nitrogen and oxygen atoms in total. The van der Waals surface area contributed by atoms with Crippen LogP contribution in [0.1, 0.15) is 33.6 Å². The summed E-state index contributed by atoms with van der Waals surface area (Å²) in [4.78, 5) is 22.5. The lowest BCUT2D eigenvalue weighted by molar-refractivity contribution is -0.225. The minimum absolute atomic E-state index is 0.0511. The fraction of sp³-hybridized carbons (Fsp3) is 0.818. The van der Waals surface area contributed by atoms with Crippen LogP contribution in [0.4, 0.5) is 13.2 Å². The van der Waals surface area contributed by atoms with Crippen molar-refractivity contribution in [2.24, 2.45) is 17.3 Å². The Kier molecular flexibility index (Phi) is 5.19. The van der Waals surface area contributed by atoms with Gasteiger partial charge in [-0.3, -0.25) is 9.59 Å². The van der Waals surface area contributed by atoms with Gasteiger partial charge >= 0.3 is 18.1 Å². The number of aliphatic carboxylic acids is 2. The fourth-order valence-corrected chi connectivity index (χ4v) is 2.36. The van der Waals surface area contributed by atoms with E-state index in [4.69, 9.17) is 10.2 Å². The highest BCUT2D eigenvalue weighted by Gasteiger charge is 2.63. The summed E-state index contributed by atoms with van der Waals surface area (Å²) < 4.78 is 38.3. The average molecular weight is 270 g/mol. The van der Waals surface area contributed by atoms with E-state index in [-0.39, 0.29) is 12.8 Å². The fourth-order valence-electron chi connectivity index (χ4n) is 2.36. The van der Waals surface area contributed by atoms with Gasteiger partial charge in [0.2, 0.25) is 0 Å². The molecular formula is C11H17F3O4. The lowest BCUT2D eigenvalue weighted by Gasteiger charge is -2.38. The van der Waals surface area contributed by atoms with Crippen molar-refractivity contribution in [3.05, 3.63) is 0 Å². The molecule has 0 aromatic carbocycles. The molecule has 1 atom stereocenters. The molecule has 0 radical (unpaired) electrons. The highest BCUT2D eigenvalue weighted by Crippen LogP contribution is 2.47. The maximum absolute atomic E-state index is 12.8. The van der Waals surface area contributed by atoms with Gasteiger partial charge in [0.15, 0.2) is 5.41 Å². The summed E-state index contributed by atoms with van der Waals surface area (Å²) >= 11 is 0. The highest BCUT2D eigenvalue weighted by atomic mass is 19.4. The van der Waals surface area contributed by atoms with Gasteiger partial charge in [0.1, 0.15) is 0 Å². The minimum Gasteiger partial charge on any atom is -0.480 e. The molecule has 106 valence electrons. The predicted molar refractivity (Wildman–Crippen MR) is 57.0 cm³/mol. The lowest BCUT2D eigenvalue weighted by Crippen LogP contribution is -2.54. The van der Waals surface area contributed by atoms with Gasteiger partial charge in [-0.25, -0.2) is 0 Å². The molecule has 0 bridgehead atoms. The summed E-state index contributed by atoms with van der Waals surface area (Å²) in [7, 11) is 0. The van der Waals surface area contributed by atoms with Crippen molar-refractivity contribution in [2.75, 3.05) is 0 Å². The molecule has 0 amide bonds. The molecule has 0 aromatic rings. The Morgan fingerprint density at radius 2 is 1.39 bits per heavy atom. The van der Waals surface area contributed by atoms with Crippen LogP contribution < -0.4 is 0 Å². The van der Waals surface area contributed by atoms with Crippen LogP contribution in [-0.2, 0) is 9.59 Å². The van der Waals surface area contributed by atoms with E-state index in [2.05, 4.69) is 0 Å². The SMILES string of the molecule is CCC(CC)C(C(=O)O)(C(=O)O)C(C)C(F)(F)F. The van der Waals surface area contributed by atoms with Gasteiger partial charge in [0.05, 0.1) is 5.92 Å². The molecule has 0 spiro atoms. The predicted octanol–water partition coefficient (Wildman–Crippen LogP) is 2.78. The molecule has 18 heavy (non-hydrogen) atoms. The first-order valence-electron chi connectivity index (χ1n) is 5.60. The van der Waals surface area contributed by atoms with E-state index < -0.39 is 35.4 Å². The van der Waals surface area contributed by atoms with E-state index in [9.17, 15) is 22.8 Å². The second-order valence-electron chi connectivity index (χ2n) is 4.26. The second-order valence-corrected chi connectivity index (χ2v) is 4.26. The first-order chi connectivity index (χ1) is 8.06. The first-order valence-corrected chi connectivity index (χ1v) is 5.60. The molecule has 1 unspecified atom stereocenters. The summed E-state index contributed by atoms with van der Waals surface area (Å²) in [6.45, 7) is 3.58. The van der Waals surface area contributed by atoms with Crippen LogP contribution in [0.15, 0.2) is 0 Å². The smallest absolute Gasteiger partial charge is 0.393 e. The Hall–Kier alpha value is -1.27. The van der Waals surface area contributed by atoms with Crippen LogP contribution >= 0.6 is 0 Å². The van der Waals surface area contributed by atoms with Crippen LogP contribution in [0.3, 0.4) is 0 Å². The molecule has 2 N–H and O–H groups in total. The van der Waals surface area contributed by atoms with Gasteiger partial charge in [-0.15, -0.1) is 0 Å². The van der Waals surface area contributed by atoms with E-state index in [1.165, 1.54) is 13.8 Å². The third-order valence-corrected chi connectivity index (χ3v) is 3.51. The van der Waals surface area contributed by atoms with Gasteiger partial charge in [-0.05, 0) is 5.92 Å². The lowest BCUT2D eigenvalue weighted by atomic mass is 9.64. The van der Waals surface area contributed by atoms with Crippen molar-refractivity contribution < 1.29 is 33.0 Å². The zero-order valence-corrected chi connectivity index (χ0v) is 10.4. The summed E-state index contributed by atoms with van der Waals surface area (Å²) in [5.74, 6) is -7.41. The van der Waals surface area contributed by atoms with Crippen LogP contribution in [0.25, 0.3) is 0 Å². The molecule has 0 rings (SSSR count). The molecule has 0 aliphatic heterocycles. The number of carboxylic acids is 2. The van der Waals surface area contributed by atoms with E-state index in [0.29, 0.717) is 6.92 Å². The normalized spacial score (nSPS) is 14.6. The van der Waals surface area contributed by atoms with Crippen molar-refractivity contribution in [3.63, 3.8) is 0 Å². The molecular weight excluding hydrogens is 253 g/mol. The maximum Gasteiger partial charge on any atom is 0.393 e. The number of rotatable bonds is 6. The number of alkyl halides is 3. The Morgan fingerprint density at radius 3 is 1.56 bits per heavy atom. The van der Waals surface area contributed by atoms with Crippen molar-refractivity contribution in [1.29, 1.82) is 0 Å². The Balaban J connectivity index is 5.95. The maximum atomic E-state index is 12.8. The topological polar surface area (TPSA) is 74.6 Å². The minimum atomic E-state index is -4.88. The van der Waals surface area contributed by atoms with Gasteiger partial charge in [0.25, 0.3) is 0 Å². The molecule has 0 aromatic heterocycles. The standard InChI is InChI=1S/C11H17F3O4/c1-4-7(5-2)10(8(15)16,9(17)18)6(3)11(12,13)14/h6-7H,4-5H2,1-3H3,(H,15,16)(H,17,18). The number of carbonyl (C=O) groups is 2. The molecule has 0 saturated carbocycles. The average Bonchev–Trinajstić information content (AvgIpc) is 2.22. The quantitative estimate of drug-likeness (QED) is 0.728. The summed E-state index contributed by atoms with van der Waals surface area (Å²) in [6.07, 6.45) is -4.77. The number of hydrogen-bond donors (Lipinski definition) is 2. The number of carboxylic acid groups (broad SMARTS) is 2. The third kappa shape index (κ3) is 2.59. The van der Waals surface area contributed by atoms with E-state index in [1.54, 1.807) is 0 Å². The van der Waals surface area contributed by atoms with Gasteiger partial charge in [-0.2, -0.15) is 13.2 Å². The molecule has 0 heterocycles. The Bertz CT molecular complexity index is 307. The molecule has 0 aliphatic carbocycles. The van der Waals surface area contributed by atoms with Crippen molar-refractivity contribution >= 4 is 11.9 Å². The Labute approximate surface area is 103 Å². The molecule has 0 saturated heterocycles.